The van der Waals surface area contributed by atoms with E-state index in [-0.39, 0.29) is 5.92 Å². The van der Waals surface area contributed by atoms with Gasteiger partial charge >= 0.3 is 0 Å². The molecule has 0 spiro atoms. The van der Waals surface area contributed by atoms with E-state index < -0.39 is 10.0 Å². The first-order valence-corrected chi connectivity index (χ1v) is 9.55. The molecule has 0 amide bonds. The normalized spacial score (nSPS) is 18.3. The van der Waals surface area contributed by atoms with Gasteiger partial charge in [-0.15, -0.1) is 0 Å². The van der Waals surface area contributed by atoms with Gasteiger partial charge in [0.2, 0.25) is 10.0 Å². The molecule has 1 fully saturated rings. The Labute approximate surface area is 143 Å². The van der Waals surface area contributed by atoms with Gasteiger partial charge in [-0.25, -0.2) is 8.42 Å². The molecule has 2 aromatic carbocycles. The van der Waals surface area contributed by atoms with Gasteiger partial charge in [-0.2, -0.15) is 9.57 Å². The Morgan fingerprint density at radius 3 is 2.42 bits per heavy atom. The van der Waals surface area contributed by atoms with Gasteiger partial charge in [0.1, 0.15) is 0 Å². The lowest BCUT2D eigenvalue weighted by Crippen LogP contribution is -2.49. The van der Waals surface area contributed by atoms with Crippen LogP contribution in [0.1, 0.15) is 6.92 Å². The average Bonchev–Trinajstić information content (AvgIpc) is 2.61. The van der Waals surface area contributed by atoms with Crippen LogP contribution in [0.25, 0.3) is 10.8 Å². The van der Waals surface area contributed by atoms with E-state index >= 15 is 0 Å². The van der Waals surface area contributed by atoms with Crippen LogP contribution in [-0.4, -0.2) is 50.3 Å². The van der Waals surface area contributed by atoms with Gasteiger partial charge in [0.15, 0.2) is 0 Å². The van der Waals surface area contributed by atoms with Crippen molar-refractivity contribution in [2.24, 2.45) is 5.92 Å². The van der Waals surface area contributed by atoms with Crippen molar-refractivity contribution in [1.29, 1.82) is 5.26 Å². The van der Waals surface area contributed by atoms with E-state index in [9.17, 15) is 8.42 Å². The van der Waals surface area contributed by atoms with Crippen molar-refractivity contribution in [3.8, 4) is 6.07 Å². The molecule has 3 rings (SSSR count). The number of nitrogens with zero attached hydrogens (tertiary/aromatic N) is 3. The summed E-state index contributed by atoms with van der Waals surface area (Å²) < 4.78 is 27.3. The van der Waals surface area contributed by atoms with E-state index in [2.05, 4.69) is 11.0 Å². The van der Waals surface area contributed by atoms with Crippen LogP contribution in [0.4, 0.5) is 0 Å². The van der Waals surface area contributed by atoms with E-state index in [0.29, 0.717) is 37.6 Å². The van der Waals surface area contributed by atoms with Crippen LogP contribution in [0.3, 0.4) is 0 Å². The predicted molar refractivity (Wildman–Crippen MR) is 93.9 cm³/mol. The highest BCUT2D eigenvalue weighted by Gasteiger charge is 2.28. The lowest BCUT2D eigenvalue weighted by atomic mass is 10.1. The number of benzene rings is 2. The zero-order valence-corrected chi connectivity index (χ0v) is 14.5. The molecule has 1 aliphatic rings. The fourth-order valence-electron chi connectivity index (χ4n) is 3.06. The average molecular weight is 343 g/mol. The van der Waals surface area contributed by atoms with Crippen LogP contribution in [-0.2, 0) is 10.0 Å². The zero-order valence-electron chi connectivity index (χ0n) is 13.7. The number of hydrogen-bond acceptors (Lipinski definition) is 4. The van der Waals surface area contributed by atoms with E-state index in [0.717, 1.165) is 10.8 Å². The molecule has 1 aliphatic heterocycles. The third kappa shape index (κ3) is 3.44. The maximum absolute atomic E-state index is 12.9. The van der Waals surface area contributed by atoms with Crippen LogP contribution in [0, 0.1) is 17.2 Å². The summed E-state index contributed by atoms with van der Waals surface area (Å²) in [4.78, 5) is 2.50. The Hall–Kier alpha value is -1.94. The number of sulfonamides is 1. The fourth-order valence-corrected chi connectivity index (χ4v) is 4.52. The quantitative estimate of drug-likeness (QED) is 0.854. The van der Waals surface area contributed by atoms with Crippen LogP contribution in [0.5, 0.6) is 0 Å². The van der Waals surface area contributed by atoms with Gasteiger partial charge in [-0.1, -0.05) is 30.3 Å². The van der Waals surface area contributed by atoms with Gasteiger partial charge in [-0.3, -0.25) is 4.90 Å². The van der Waals surface area contributed by atoms with Crippen LogP contribution >= 0.6 is 0 Å². The van der Waals surface area contributed by atoms with Crippen molar-refractivity contribution in [1.82, 2.24) is 9.21 Å². The Morgan fingerprint density at radius 1 is 1.08 bits per heavy atom. The highest BCUT2D eigenvalue weighted by atomic mass is 32.2. The molecule has 1 heterocycles. The Kier molecular flexibility index (Phi) is 4.86. The molecule has 5 nitrogen and oxygen atoms in total. The molecule has 0 radical (unpaired) electrons. The molecule has 0 unspecified atom stereocenters. The number of piperazine rings is 1. The van der Waals surface area contributed by atoms with Crippen LogP contribution in [0.2, 0.25) is 0 Å². The van der Waals surface area contributed by atoms with Crippen molar-refractivity contribution in [3.05, 3.63) is 42.5 Å². The maximum atomic E-state index is 12.9. The third-order valence-corrected chi connectivity index (χ3v) is 6.34. The molecule has 0 bridgehead atoms. The molecule has 24 heavy (non-hydrogen) atoms. The lowest BCUT2D eigenvalue weighted by molar-refractivity contribution is 0.178. The Bertz CT molecular complexity index is 865. The number of rotatable bonds is 4. The van der Waals surface area contributed by atoms with E-state index in [1.165, 1.54) is 0 Å². The number of fused-ring (bicyclic) bond motifs is 1. The fraction of sp³-hybridized carbons (Fsp3) is 0.389. The largest absolute Gasteiger partial charge is 0.299 e. The standard InChI is InChI=1S/C18H21N3O2S/c1-15(13-19)14-20-8-10-21(11-9-20)24(22,23)18-7-6-16-4-2-3-5-17(16)12-18/h2-7,12,15H,8-11,14H2,1H3/t15-/m1/s1. The Balaban J connectivity index is 1.75. The second-order valence-corrected chi connectivity index (χ2v) is 8.18. The Morgan fingerprint density at radius 2 is 1.75 bits per heavy atom. The first-order valence-electron chi connectivity index (χ1n) is 8.11. The topological polar surface area (TPSA) is 64.4 Å². The number of hydrogen-bond donors (Lipinski definition) is 0. The van der Waals surface area contributed by atoms with E-state index in [1.54, 1.807) is 16.4 Å². The summed E-state index contributed by atoms with van der Waals surface area (Å²) in [5.74, 6) is -0.0337. The molecule has 126 valence electrons. The predicted octanol–water partition coefficient (Wildman–Crippen LogP) is 2.31. The molecule has 0 aromatic heterocycles. The highest BCUT2D eigenvalue weighted by Crippen LogP contribution is 2.23. The highest BCUT2D eigenvalue weighted by molar-refractivity contribution is 7.89. The molecule has 1 saturated heterocycles. The van der Waals surface area contributed by atoms with Gasteiger partial charge in [-0.05, 0) is 29.8 Å². The van der Waals surface area contributed by atoms with Crippen molar-refractivity contribution < 1.29 is 8.42 Å². The summed E-state index contributed by atoms with van der Waals surface area (Å²) in [5, 5.41) is 10.9. The van der Waals surface area contributed by atoms with Crippen molar-refractivity contribution >= 4 is 20.8 Å². The van der Waals surface area contributed by atoms with Gasteiger partial charge in [0.25, 0.3) is 0 Å². The van der Waals surface area contributed by atoms with Crippen LogP contribution in [0.15, 0.2) is 47.4 Å². The molecular weight excluding hydrogens is 322 g/mol. The molecule has 1 atom stereocenters. The summed E-state index contributed by atoms with van der Waals surface area (Å²) in [6.07, 6.45) is 0. The second-order valence-electron chi connectivity index (χ2n) is 6.24. The monoisotopic (exact) mass is 343 g/mol. The molecule has 2 aromatic rings. The molecule has 0 N–H and O–H groups in total. The smallest absolute Gasteiger partial charge is 0.243 e. The van der Waals surface area contributed by atoms with Crippen LogP contribution < -0.4 is 0 Å². The van der Waals surface area contributed by atoms with Crippen molar-refractivity contribution in [3.63, 3.8) is 0 Å². The first-order chi connectivity index (χ1) is 11.5. The second kappa shape index (κ2) is 6.89. The minimum Gasteiger partial charge on any atom is -0.299 e. The summed E-state index contributed by atoms with van der Waals surface area (Å²) in [7, 11) is -3.47. The zero-order chi connectivity index (χ0) is 17.2. The van der Waals surface area contributed by atoms with Gasteiger partial charge in [0.05, 0.1) is 16.9 Å². The van der Waals surface area contributed by atoms with Gasteiger partial charge < -0.3 is 0 Å². The van der Waals surface area contributed by atoms with E-state index in [1.807, 2.05) is 37.3 Å². The molecule has 6 heteroatoms. The van der Waals surface area contributed by atoms with E-state index in [4.69, 9.17) is 5.26 Å². The molecular formula is C18H21N3O2S. The number of nitriles is 1. The van der Waals surface area contributed by atoms with Crippen molar-refractivity contribution in [2.45, 2.75) is 11.8 Å². The maximum Gasteiger partial charge on any atom is 0.243 e. The lowest BCUT2D eigenvalue weighted by Gasteiger charge is -2.34. The third-order valence-electron chi connectivity index (χ3n) is 4.44. The first kappa shape index (κ1) is 16.9. The molecule has 0 saturated carbocycles. The SMILES string of the molecule is C[C@H](C#N)CN1CCN(S(=O)(=O)c2ccc3ccccc3c2)CC1. The van der Waals surface area contributed by atoms with Gasteiger partial charge in [0, 0.05) is 32.7 Å². The van der Waals surface area contributed by atoms with Crippen molar-refractivity contribution in [2.75, 3.05) is 32.7 Å². The molecule has 0 aliphatic carbocycles. The summed E-state index contributed by atoms with van der Waals surface area (Å²) >= 11 is 0. The summed E-state index contributed by atoms with van der Waals surface area (Å²) in [6.45, 7) is 4.84. The minimum absolute atomic E-state index is 0.0337. The summed E-state index contributed by atoms with van der Waals surface area (Å²) in [6, 6.07) is 15.3. The summed E-state index contributed by atoms with van der Waals surface area (Å²) in [5.41, 5.74) is 0. The minimum atomic E-state index is -3.47.